The number of fused-ring (bicyclic) bond motifs is 1. The molecule has 1 fully saturated rings. The van der Waals surface area contributed by atoms with Crippen molar-refractivity contribution >= 4 is 16.8 Å². The van der Waals surface area contributed by atoms with Crippen LogP contribution in [0.1, 0.15) is 44.1 Å². The minimum absolute atomic E-state index is 0.0772. The molecule has 4 heteroatoms. The fourth-order valence-corrected chi connectivity index (χ4v) is 3.14. The Bertz CT molecular complexity index is 624. The summed E-state index contributed by atoms with van der Waals surface area (Å²) in [4.78, 5) is 12.2. The normalized spacial score (nSPS) is 16.8. The van der Waals surface area contributed by atoms with Crippen LogP contribution in [-0.4, -0.2) is 21.7 Å². The van der Waals surface area contributed by atoms with E-state index in [0.29, 0.717) is 12.6 Å². The van der Waals surface area contributed by atoms with E-state index in [4.69, 9.17) is 0 Å². The van der Waals surface area contributed by atoms with Crippen molar-refractivity contribution in [3.05, 3.63) is 30.0 Å². The molecular formula is C17H23N3O. The highest BCUT2D eigenvalue weighted by molar-refractivity contribution is 5.82. The lowest BCUT2D eigenvalue weighted by Gasteiger charge is -2.16. The highest BCUT2D eigenvalue weighted by atomic mass is 16.2. The Morgan fingerprint density at radius 2 is 2.05 bits per heavy atom. The molecule has 1 N–H and O–H groups in total. The van der Waals surface area contributed by atoms with Gasteiger partial charge in [-0.05, 0) is 31.4 Å². The highest BCUT2D eigenvalue weighted by Gasteiger charge is 2.15. The maximum atomic E-state index is 12.2. The Morgan fingerprint density at radius 3 is 2.81 bits per heavy atom. The van der Waals surface area contributed by atoms with Gasteiger partial charge in [0, 0.05) is 11.4 Å². The number of nitrogens with zero attached hydrogens (tertiary/aromatic N) is 2. The van der Waals surface area contributed by atoms with Gasteiger partial charge < -0.3 is 5.32 Å². The van der Waals surface area contributed by atoms with Crippen LogP contribution in [0, 0.1) is 6.92 Å². The number of rotatable bonds is 3. The minimum atomic E-state index is 0.0772. The van der Waals surface area contributed by atoms with Crippen LogP contribution in [0.3, 0.4) is 0 Å². The summed E-state index contributed by atoms with van der Waals surface area (Å²) in [5.74, 6) is 0.0772. The van der Waals surface area contributed by atoms with Crippen molar-refractivity contribution in [3.8, 4) is 0 Å². The third kappa shape index (κ3) is 3.43. The molecule has 0 aliphatic heterocycles. The molecule has 0 saturated heterocycles. The average molecular weight is 285 g/mol. The first-order valence-corrected chi connectivity index (χ1v) is 7.94. The number of hydrogen-bond acceptors (Lipinski definition) is 2. The highest BCUT2D eigenvalue weighted by Crippen LogP contribution is 2.18. The van der Waals surface area contributed by atoms with Crippen molar-refractivity contribution in [1.29, 1.82) is 0 Å². The van der Waals surface area contributed by atoms with Gasteiger partial charge in [-0.15, -0.1) is 0 Å². The fourth-order valence-electron chi connectivity index (χ4n) is 3.14. The summed E-state index contributed by atoms with van der Waals surface area (Å²) in [6, 6.07) is 6.56. The first-order chi connectivity index (χ1) is 10.2. The molecule has 1 saturated carbocycles. The van der Waals surface area contributed by atoms with E-state index in [-0.39, 0.29) is 5.91 Å². The number of nitrogens with one attached hydrogen (secondary N) is 1. The lowest BCUT2D eigenvalue weighted by atomic mass is 10.1. The minimum Gasteiger partial charge on any atom is -0.352 e. The van der Waals surface area contributed by atoms with E-state index >= 15 is 0 Å². The number of aryl methyl sites for hydroxylation is 1. The third-order valence-electron chi connectivity index (χ3n) is 4.31. The molecule has 0 unspecified atom stereocenters. The molecule has 1 aromatic heterocycles. The Kier molecular flexibility index (Phi) is 4.23. The van der Waals surface area contributed by atoms with Gasteiger partial charge in [0.2, 0.25) is 5.91 Å². The second-order valence-electron chi connectivity index (χ2n) is 6.12. The number of hydrogen-bond donors (Lipinski definition) is 1. The summed E-state index contributed by atoms with van der Waals surface area (Å²) in [6.45, 7) is 2.37. The van der Waals surface area contributed by atoms with Crippen molar-refractivity contribution in [3.63, 3.8) is 0 Å². The van der Waals surface area contributed by atoms with Gasteiger partial charge in [0.1, 0.15) is 6.54 Å². The van der Waals surface area contributed by atoms with Gasteiger partial charge in [-0.25, -0.2) is 0 Å². The van der Waals surface area contributed by atoms with Crippen LogP contribution in [0.15, 0.2) is 24.4 Å². The van der Waals surface area contributed by atoms with Crippen molar-refractivity contribution < 1.29 is 4.79 Å². The van der Waals surface area contributed by atoms with Gasteiger partial charge in [0.15, 0.2) is 0 Å². The molecule has 1 aliphatic carbocycles. The van der Waals surface area contributed by atoms with Crippen LogP contribution in [0.25, 0.3) is 10.9 Å². The number of carbonyl (C=O) groups excluding carboxylic acids is 1. The van der Waals surface area contributed by atoms with Crippen LogP contribution >= 0.6 is 0 Å². The molecule has 0 bridgehead atoms. The van der Waals surface area contributed by atoms with Crippen LogP contribution in [0.5, 0.6) is 0 Å². The summed E-state index contributed by atoms with van der Waals surface area (Å²) in [5.41, 5.74) is 2.22. The number of benzene rings is 1. The molecule has 0 radical (unpaired) electrons. The monoisotopic (exact) mass is 285 g/mol. The molecule has 0 spiro atoms. The predicted molar refractivity (Wildman–Crippen MR) is 84.1 cm³/mol. The number of carbonyl (C=O) groups is 1. The van der Waals surface area contributed by atoms with Crippen molar-refractivity contribution in [1.82, 2.24) is 15.1 Å². The standard InChI is InChI=1S/C17H23N3O/c1-13-8-9-14-11-18-20(16(14)10-13)12-17(21)19-15-6-4-2-3-5-7-15/h8-11,15H,2-7,12H2,1H3,(H,19,21). The zero-order valence-electron chi connectivity index (χ0n) is 12.6. The first kappa shape index (κ1) is 14.1. The van der Waals surface area contributed by atoms with E-state index < -0.39 is 0 Å². The van der Waals surface area contributed by atoms with Gasteiger partial charge >= 0.3 is 0 Å². The van der Waals surface area contributed by atoms with Gasteiger partial charge in [0.25, 0.3) is 0 Å². The lowest BCUT2D eigenvalue weighted by Crippen LogP contribution is -2.36. The topological polar surface area (TPSA) is 46.9 Å². The van der Waals surface area contributed by atoms with Crippen LogP contribution in [0.2, 0.25) is 0 Å². The first-order valence-electron chi connectivity index (χ1n) is 7.94. The van der Waals surface area contributed by atoms with E-state index in [0.717, 1.165) is 23.7 Å². The predicted octanol–water partition coefficient (Wildman–Crippen LogP) is 3.18. The summed E-state index contributed by atoms with van der Waals surface area (Å²) >= 11 is 0. The second kappa shape index (κ2) is 6.29. The molecular weight excluding hydrogens is 262 g/mol. The smallest absolute Gasteiger partial charge is 0.241 e. The summed E-state index contributed by atoms with van der Waals surface area (Å²) in [5, 5.41) is 8.61. The van der Waals surface area contributed by atoms with E-state index in [9.17, 15) is 4.79 Å². The van der Waals surface area contributed by atoms with E-state index in [1.54, 1.807) is 4.68 Å². The van der Waals surface area contributed by atoms with Crippen molar-refractivity contribution in [2.45, 2.75) is 58.0 Å². The van der Waals surface area contributed by atoms with Crippen LogP contribution in [0.4, 0.5) is 0 Å². The van der Waals surface area contributed by atoms with E-state index in [1.807, 2.05) is 6.20 Å². The largest absolute Gasteiger partial charge is 0.352 e. The van der Waals surface area contributed by atoms with Gasteiger partial charge in [-0.3, -0.25) is 9.48 Å². The molecule has 21 heavy (non-hydrogen) atoms. The molecule has 3 rings (SSSR count). The molecule has 1 aromatic carbocycles. The molecule has 1 aliphatic rings. The second-order valence-corrected chi connectivity index (χ2v) is 6.12. The van der Waals surface area contributed by atoms with Gasteiger partial charge in [-0.1, -0.05) is 37.8 Å². The Balaban J connectivity index is 1.67. The third-order valence-corrected chi connectivity index (χ3v) is 4.31. The maximum absolute atomic E-state index is 12.2. The van der Waals surface area contributed by atoms with Crippen LogP contribution in [-0.2, 0) is 11.3 Å². The summed E-state index contributed by atoms with van der Waals surface area (Å²) in [7, 11) is 0. The SMILES string of the molecule is Cc1ccc2cnn(CC(=O)NC3CCCCCC3)c2c1. The Morgan fingerprint density at radius 1 is 1.29 bits per heavy atom. The number of aromatic nitrogens is 2. The molecule has 1 heterocycles. The van der Waals surface area contributed by atoms with E-state index in [2.05, 4.69) is 35.5 Å². The maximum Gasteiger partial charge on any atom is 0.241 e. The molecule has 0 atom stereocenters. The summed E-state index contributed by atoms with van der Waals surface area (Å²) in [6.07, 6.45) is 9.12. The van der Waals surface area contributed by atoms with Crippen molar-refractivity contribution in [2.24, 2.45) is 0 Å². The lowest BCUT2D eigenvalue weighted by molar-refractivity contribution is -0.122. The van der Waals surface area contributed by atoms with Gasteiger partial charge in [-0.2, -0.15) is 5.10 Å². The molecule has 112 valence electrons. The zero-order valence-corrected chi connectivity index (χ0v) is 12.6. The summed E-state index contributed by atoms with van der Waals surface area (Å²) < 4.78 is 1.80. The quantitative estimate of drug-likeness (QED) is 0.880. The number of amides is 1. The van der Waals surface area contributed by atoms with E-state index in [1.165, 1.54) is 31.2 Å². The zero-order chi connectivity index (χ0) is 14.7. The Hall–Kier alpha value is -1.84. The van der Waals surface area contributed by atoms with Gasteiger partial charge in [0.05, 0.1) is 11.7 Å². The van der Waals surface area contributed by atoms with Crippen molar-refractivity contribution in [2.75, 3.05) is 0 Å². The average Bonchev–Trinajstić information content (AvgIpc) is 2.68. The fraction of sp³-hybridized carbons (Fsp3) is 0.529. The molecule has 1 amide bonds. The molecule has 4 nitrogen and oxygen atoms in total. The Labute approximate surface area is 125 Å². The van der Waals surface area contributed by atoms with Crippen LogP contribution < -0.4 is 5.32 Å². The molecule has 2 aromatic rings.